The number of carbonyl (C=O) groups is 1. The first-order chi connectivity index (χ1) is 12.1. The first-order valence-corrected chi connectivity index (χ1v) is 8.53. The van der Waals surface area contributed by atoms with Crippen molar-refractivity contribution in [2.24, 2.45) is 0 Å². The van der Waals surface area contributed by atoms with Crippen LogP contribution in [-0.4, -0.2) is 26.4 Å². The van der Waals surface area contributed by atoms with Crippen molar-refractivity contribution < 1.29 is 14.3 Å². The van der Waals surface area contributed by atoms with Crippen LogP contribution >= 0.6 is 0 Å². The molecule has 132 valence electrons. The lowest BCUT2D eigenvalue weighted by Gasteiger charge is -2.23. The molecule has 0 saturated carbocycles. The van der Waals surface area contributed by atoms with Gasteiger partial charge < -0.3 is 14.8 Å². The molecule has 0 aliphatic carbocycles. The van der Waals surface area contributed by atoms with Crippen molar-refractivity contribution in [3.63, 3.8) is 0 Å². The molecule has 0 bridgehead atoms. The minimum atomic E-state index is -0.274. The fraction of sp³-hybridized carbons (Fsp3) is 0.350. The molecular weight excluding hydrogens is 316 g/mol. The van der Waals surface area contributed by atoms with Crippen molar-refractivity contribution in [3.8, 4) is 5.75 Å². The van der Waals surface area contributed by atoms with Crippen LogP contribution < -0.4 is 15.0 Å². The third kappa shape index (κ3) is 3.77. The van der Waals surface area contributed by atoms with E-state index in [1.807, 2.05) is 42.5 Å². The Morgan fingerprint density at radius 3 is 2.44 bits per heavy atom. The van der Waals surface area contributed by atoms with Gasteiger partial charge >= 0.3 is 6.09 Å². The highest BCUT2D eigenvalue weighted by molar-refractivity contribution is 5.89. The zero-order chi connectivity index (χ0) is 17.8. The predicted octanol–water partition coefficient (Wildman–Crippen LogP) is 4.06. The molecule has 1 aliphatic heterocycles. The second-order valence-electron chi connectivity index (χ2n) is 6.21. The molecule has 0 unspecified atom stereocenters. The number of para-hydroxylation sites is 1. The highest BCUT2D eigenvalue weighted by Gasteiger charge is 2.23. The Morgan fingerprint density at radius 1 is 1.08 bits per heavy atom. The van der Waals surface area contributed by atoms with Crippen molar-refractivity contribution in [1.29, 1.82) is 0 Å². The fourth-order valence-corrected chi connectivity index (χ4v) is 3.16. The molecule has 3 rings (SSSR count). The summed E-state index contributed by atoms with van der Waals surface area (Å²) >= 11 is 0. The molecule has 25 heavy (non-hydrogen) atoms. The number of benzene rings is 2. The number of carbonyl (C=O) groups excluding carboxylic acids is 1. The van der Waals surface area contributed by atoms with Crippen LogP contribution in [0.5, 0.6) is 5.75 Å². The molecule has 0 aromatic heterocycles. The van der Waals surface area contributed by atoms with E-state index >= 15 is 0 Å². The van der Waals surface area contributed by atoms with Gasteiger partial charge in [0.1, 0.15) is 12.4 Å². The molecule has 1 N–H and O–H groups in total. The summed E-state index contributed by atoms with van der Waals surface area (Å²) in [5.41, 5.74) is 3.17. The number of amides is 1. The Labute approximate surface area is 148 Å². The van der Waals surface area contributed by atoms with Crippen LogP contribution in [0.2, 0.25) is 0 Å². The molecule has 1 fully saturated rings. The number of cyclic esters (lactones) is 1. The smallest absolute Gasteiger partial charge is 0.414 e. The summed E-state index contributed by atoms with van der Waals surface area (Å²) in [7, 11) is 1.69. The van der Waals surface area contributed by atoms with Gasteiger partial charge in [0.2, 0.25) is 0 Å². The van der Waals surface area contributed by atoms with E-state index in [4.69, 9.17) is 9.47 Å². The number of hydrogen-bond acceptors (Lipinski definition) is 4. The SMILES string of the molecule is COc1ccccc1[C@@H](C)N[C@H](C)c1ccc(N2CCOC2=O)cc1. The summed E-state index contributed by atoms with van der Waals surface area (Å²) in [5.74, 6) is 0.887. The standard InChI is InChI=1S/C20H24N2O3/c1-14(21-15(2)18-6-4-5-7-19(18)24-3)16-8-10-17(11-9-16)22-12-13-25-20(22)23/h4-11,14-15,21H,12-13H2,1-3H3/t14-,15-/m1/s1. The van der Waals surface area contributed by atoms with Crippen molar-refractivity contribution in [3.05, 3.63) is 59.7 Å². The van der Waals surface area contributed by atoms with Gasteiger partial charge in [-0.2, -0.15) is 0 Å². The molecule has 0 radical (unpaired) electrons. The number of rotatable bonds is 6. The van der Waals surface area contributed by atoms with Gasteiger partial charge in [-0.1, -0.05) is 30.3 Å². The van der Waals surface area contributed by atoms with Gasteiger partial charge in [-0.3, -0.25) is 4.90 Å². The number of anilines is 1. The van der Waals surface area contributed by atoms with E-state index in [0.29, 0.717) is 13.2 Å². The second-order valence-corrected chi connectivity index (χ2v) is 6.21. The lowest BCUT2D eigenvalue weighted by molar-refractivity contribution is 0.181. The lowest BCUT2D eigenvalue weighted by atomic mass is 10.0. The number of ether oxygens (including phenoxy) is 2. The minimum Gasteiger partial charge on any atom is -0.496 e. The number of nitrogens with one attached hydrogen (secondary N) is 1. The van der Waals surface area contributed by atoms with Crippen LogP contribution in [0.3, 0.4) is 0 Å². The van der Waals surface area contributed by atoms with E-state index in [0.717, 1.165) is 22.6 Å². The Kier molecular flexibility index (Phi) is 5.24. The highest BCUT2D eigenvalue weighted by Crippen LogP contribution is 2.28. The van der Waals surface area contributed by atoms with E-state index in [1.54, 1.807) is 12.0 Å². The van der Waals surface area contributed by atoms with Crippen molar-refractivity contribution in [2.45, 2.75) is 25.9 Å². The highest BCUT2D eigenvalue weighted by atomic mass is 16.6. The summed E-state index contributed by atoms with van der Waals surface area (Å²) < 4.78 is 10.4. The third-order valence-electron chi connectivity index (χ3n) is 4.57. The van der Waals surface area contributed by atoms with Gasteiger partial charge in [0.05, 0.1) is 13.7 Å². The molecule has 1 heterocycles. The van der Waals surface area contributed by atoms with Gasteiger partial charge in [0.25, 0.3) is 0 Å². The number of methoxy groups -OCH3 is 1. The maximum absolute atomic E-state index is 11.6. The first kappa shape index (κ1) is 17.3. The lowest BCUT2D eigenvalue weighted by Crippen LogP contribution is -2.24. The van der Waals surface area contributed by atoms with Gasteiger partial charge in [-0.15, -0.1) is 0 Å². The van der Waals surface area contributed by atoms with Crippen LogP contribution in [0, 0.1) is 0 Å². The number of hydrogen-bond donors (Lipinski definition) is 1. The second kappa shape index (κ2) is 7.57. The van der Waals surface area contributed by atoms with Crippen molar-refractivity contribution >= 4 is 11.8 Å². The summed E-state index contributed by atoms with van der Waals surface area (Å²) in [6.45, 7) is 5.32. The van der Waals surface area contributed by atoms with E-state index < -0.39 is 0 Å². The molecule has 2 atom stereocenters. The van der Waals surface area contributed by atoms with E-state index in [1.165, 1.54) is 0 Å². The van der Waals surface area contributed by atoms with Crippen LogP contribution in [0.15, 0.2) is 48.5 Å². The topological polar surface area (TPSA) is 50.8 Å². The normalized spacial score (nSPS) is 16.4. The van der Waals surface area contributed by atoms with Crippen LogP contribution in [-0.2, 0) is 4.74 Å². The molecule has 1 amide bonds. The zero-order valence-electron chi connectivity index (χ0n) is 14.9. The van der Waals surface area contributed by atoms with Gasteiger partial charge in [-0.25, -0.2) is 4.79 Å². The predicted molar refractivity (Wildman–Crippen MR) is 98.1 cm³/mol. The fourth-order valence-electron chi connectivity index (χ4n) is 3.16. The Hall–Kier alpha value is -2.53. The summed E-state index contributed by atoms with van der Waals surface area (Å²) in [5, 5.41) is 3.60. The van der Waals surface area contributed by atoms with E-state index in [2.05, 4.69) is 25.2 Å². The van der Waals surface area contributed by atoms with Crippen LogP contribution in [0.1, 0.15) is 37.1 Å². The number of nitrogens with zero attached hydrogens (tertiary/aromatic N) is 1. The van der Waals surface area contributed by atoms with Gasteiger partial charge in [-0.05, 0) is 37.6 Å². The monoisotopic (exact) mass is 340 g/mol. The average Bonchev–Trinajstić information content (AvgIpc) is 3.07. The van der Waals surface area contributed by atoms with E-state index in [9.17, 15) is 4.79 Å². The quantitative estimate of drug-likeness (QED) is 0.861. The summed E-state index contributed by atoms with van der Waals surface area (Å²) in [6, 6.07) is 16.4. The molecule has 1 aliphatic rings. The first-order valence-electron chi connectivity index (χ1n) is 8.53. The maximum atomic E-state index is 11.6. The van der Waals surface area contributed by atoms with Crippen LogP contribution in [0.4, 0.5) is 10.5 Å². The molecule has 1 saturated heterocycles. The Balaban J connectivity index is 1.68. The zero-order valence-corrected chi connectivity index (χ0v) is 14.9. The van der Waals surface area contributed by atoms with E-state index in [-0.39, 0.29) is 18.2 Å². The summed E-state index contributed by atoms with van der Waals surface area (Å²) in [6.07, 6.45) is -0.274. The molecule has 0 spiro atoms. The van der Waals surface area contributed by atoms with Crippen molar-refractivity contribution in [1.82, 2.24) is 5.32 Å². The Morgan fingerprint density at radius 2 is 1.80 bits per heavy atom. The maximum Gasteiger partial charge on any atom is 0.414 e. The van der Waals surface area contributed by atoms with Crippen LogP contribution in [0.25, 0.3) is 0 Å². The Bertz CT molecular complexity index is 730. The van der Waals surface area contributed by atoms with Crippen molar-refractivity contribution in [2.75, 3.05) is 25.2 Å². The average molecular weight is 340 g/mol. The minimum absolute atomic E-state index is 0.152. The van der Waals surface area contributed by atoms with Gasteiger partial charge in [0.15, 0.2) is 0 Å². The van der Waals surface area contributed by atoms with Gasteiger partial charge in [0, 0.05) is 23.3 Å². The molecule has 2 aromatic rings. The third-order valence-corrected chi connectivity index (χ3v) is 4.57. The molecular formula is C20H24N2O3. The molecule has 2 aromatic carbocycles. The summed E-state index contributed by atoms with van der Waals surface area (Å²) in [4.78, 5) is 13.3. The largest absolute Gasteiger partial charge is 0.496 e. The molecule has 5 nitrogen and oxygen atoms in total. The molecule has 5 heteroatoms.